The lowest BCUT2D eigenvalue weighted by Gasteiger charge is -2.31. The van der Waals surface area contributed by atoms with Gasteiger partial charge in [0, 0.05) is 5.56 Å². The zero-order chi connectivity index (χ0) is 16.3. The molecule has 22 heavy (non-hydrogen) atoms. The van der Waals surface area contributed by atoms with Gasteiger partial charge in [0.15, 0.2) is 4.84 Å². The van der Waals surface area contributed by atoms with Crippen LogP contribution in [0.5, 0.6) is 0 Å². The second-order valence-corrected chi connectivity index (χ2v) is 5.52. The Labute approximate surface area is 137 Å². The van der Waals surface area contributed by atoms with Crippen LogP contribution in [0.2, 0.25) is 0 Å². The minimum absolute atomic E-state index is 0.119. The number of hydrogen-bond acceptors (Lipinski definition) is 5. The van der Waals surface area contributed by atoms with Crippen LogP contribution in [-0.4, -0.2) is 30.5 Å². The maximum absolute atomic E-state index is 12.3. The van der Waals surface area contributed by atoms with Crippen molar-refractivity contribution in [3.8, 4) is 0 Å². The van der Waals surface area contributed by atoms with Gasteiger partial charge in [0.2, 0.25) is 11.4 Å². The first-order valence-corrected chi connectivity index (χ1v) is 7.39. The van der Waals surface area contributed by atoms with Crippen molar-refractivity contribution in [1.29, 1.82) is 0 Å². The fourth-order valence-electron chi connectivity index (χ4n) is 2.32. The second kappa shape index (κ2) is 6.58. The van der Waals surface area contributed by atoms with E-state index in [4.69, 9.17) is 37.4 Å². The van der Waals surface area contributed by atoms with E-state index in [9.17, 15) is 9.59 Å². The Balaban J connectivity index is 2.70. The number of ether oxygens (including phenoxy) is 3. The van der Waals surface area contributed by atoms with E-state index >= 15 is 0 Å². The van der Waals surface area contributed by atoms with Gasteiger partial charge in [0.05, 0.1) is 13.7 Å². The third-order valence-electron chi connectivity index (χ3n) is 3.23. The van der Waals surface area contributed by atoms with Crippen molar-refractivity contribution in [2.24, 2.45) is 0 Å². The van der Waals surface area contributed by atoms with Gasteiger partial charge in [-0.2, -0.15) is 0 Å². The largest absolute Gasteiger partial charge is 0.489 e. The minimum Gasteiger partial charge on any atom is -0.489 e. The number of rotatable bonds is 5. The van der Waals surface area contributed by atoms with Gasteiger partial charge in [-0.3, -0.25) is 0 Å². The molecule has 1 aliphatic rings. The summed E-state index contributed by atoms with van der Waals surface area (Å²) in [6, 6.07) is 8.52. The Morgan fingerprint density at radius 3 is 2.45 bits per heavy atom. The predicted octanol–water partition coefficient (Wildman–Crippen LogP) is 2.71. The first kappa shape index (κ1) is 16.6. The zero-order valence-electron chi connectivity index (χ0n) is 12.0. The fourth-order valence-corrected chi connectivity index (χ4v) is 2.88. The summed E-state index contributed by atoms with van der Waals surface area (Å²) in [7, 11) is 1.26. The molecular weight excluding hydrogens is 331 g/mol. The smallest absolute Gasteiger partial charge is 0.375 e. The number of halogens is 2. The monoisotopic (exact) mass is 344 g/mol. The molecule has 1 aromatic carbocycles. The first-order valence-electron chi connectivity index (χ1n) is 6.51. The third-order valence-corrected chi connectivity index (χ3v) is 3.85. The highest BCUT2D eigenvalue weighted by Gasteiger charge is 2.58. The van der Waals surface area contributed by atoms with E-state index in [-0.39, 0.29) is 17.9 Å². The quantitative estimate of drug-likeness (QED) is 0.607. The van der Waals surface area contributed by atoms with Crippen LogP contribution in [0.15, 0.2) is 41.7 Å². The lowest BCUT2D eigenvalue weighted by atomic mass is 9.87. The highest BCUT2D eigenvalue weighted by atomic mass is 35.5. The van der Waals surface area contributed by atoms with Crippen LogP contribution in [0, 0.1) is 0 Å². The van der Waals surface area contributed by atoms with Crippen LogP contribution >= 0.6 is 23.2 Å². The standard InChI is InChI=1S/C15H14Cl2O5/c1-3-21-12(18)10-11(20-2)13(19)22-15(10,14(16)17)9-7-5-4-6-8-9/h4-8,14H,3H2,1-2H3. The Morgan fingerprint density at radius 2 is 1.95 bits per heavy atom. The molecule has 0 saturated carbocycles. The number of hydrogen-bond donors (Lipinski definition) is 0. The van der Waals surface area contributed by atoms with Gasteiger partial charge in [-0.25, -0.2) is 9.59 Å². The minimum atomic E-state index is -1.67. The van der Waals surface area contributed by atoms with Gasteiger partial charge in [-0.1, -0.05) is 30.3 Å². The van der Waals surface area contributed by atoms with Crippen molar-refractivity contribution < 1.29 is 23.8 Å². The van der Waals surface area contributed by atoms with Crippen molar-refractivity contribution in [3.05, 3.63) is 47.2 Å². The molecule has 7 heteroatoms. The van der Waals surface area contributed by atoms with E-state index in [1.54, 1.807) is 37.3 Å². The van der Waals surface area contributed by atoms with Crippen LogP contribution in [0.25, 0.3) is 0 Å². The molecule has 1 atom stereocenters. The average Bonchev–Trinajstić information content (AvgIpc) is 2.82. The summed E-state index contributed by atoms with van der Waals surface area (Å²) in [6.07, 6.45) is 0. The van der Waals surface area contributed by atoms with Gasteiger partial charge >= 0.3 is 11.9 Å². The topological polar surface area (TPSA) is 61.8 Å². The van der Waals surface area contributed by atoms with Gasteiger partial charge in [-0.05, 0) is 6.92 Å². The molecule has 0 radical (unpaired) electrons. The van der Waals surface area contributed by atoms with Crippen LogP contribution in [-0.2, 0) is 29.4 Å². The highest BCUT2D eigenvalue weighted by molar-refractivity contribution is 6.45. The SMILES string of the molecule is CCOC(=O)C1=C(OC)C(=O)OC1(c1ccccc1)C(Cl)Cl. The molecule has 1 aromatic rings. The molecule has 5 nitrogen and oxygen atoms in total. The number of cyclic esters (lactones) is 1. The molecule has 1 unspecified atom stereocenters. The molecule has 0 N–H and O–H groups in total. The zero-order valence-corrected chi connectivity index (χ0v) is 13.5. The number of alkyl halides is 2. The van der Waals surface area contributed by atoms with Crippen LogP contribution in [0.1, 0.15) is 12.5 Å². The molecule has 2 rings (SSSR count). The summed E-state index contributed by atoms with van der Waals surface area (Å²) in [5.74, 6) is -1.84. The lowest BCUT2D eigenvalue weighted by Crippen LogP contribution is -2.39. The van der Waals surface area contributed by atoms with Crippen LogP contribution in [0.3, 0.4) is 0 Å². The molecule has 0 amide bonds. The van der Waals surface area contributed by atoms with E-state index < -0.39 is 22.4 Å². The van der Waals surface area contributed by atoms with E-state index in [0.717, 1.165) is 0 Å². The number of esters is 2. The molecule has 0 spiro atoms. The molecule has 0 aliphatic carbocycles. The average molecular weight is 345 g/mol. The molecule has 0 saturated heterocycles. The van der Waals surface area contributed by atoms with E-state index in [1.165, 1.54) is 7.11 Å². The Kier molecular flexibility index (Phi) is 4.98. The Morgan fingerprint density at radius 1 is 1.32 bits per heavy atom. The number of carbonyl (C=O) groups excluding carboxylic acids is 2. The Hall–Kier alpha value is -1.72. The number of methoxy groups -OCH3 is 1. The maximum atomic E-state index is 12.3. The van der Waals surface area contributed by atoms with E-state index in [0.29, 0.717) is 5.56 Å². The third kappa shape index (κ3) is 2.55. The van der Waals surface area contributed by atoms with E-state index in [2.05, 4.69) is 0 Å². The van der Waals surface area contributed by atoms with Crippen molar-refractivity contribution in [2.45, 2.75) is 17.4 Å². The lowest BCUT2D eigenvalue weighted by molar-refractivity contribution is -0.150. The summed E-state index contributed by atoms with van der Waals surface area (Å²) >= 11 is 12.2. The summed E-state index contributed by atoms with van der Waals surface area (Å²) < 4.78 is 15.4. The predicted molar refractivity (Wildman–Crippen MR) is 80.4 cm³/mol. The molecule has 0 fully saturated rings. The number of carbonyl (C=O) groups is 2. The fraction of sp³-hybridized carbons (Fsp3) is 0.333. The second-order valence-electron chi connectivity index (χ2n) is 4.42. The molecular formula is C15H14Cl2O5. The van der Waals surface area contributed by atoms with Crippen LogP contribution in [0.4, 0.5) is 0 Å². The first-order chi connectivity index (χ1) is 10.5. The van der Waals surface area contributed by atoms with E-state index in [1.807, 2.05) is 0 Å². The van der Waals surface area contributed by atoms with Crippen molar-refractivity contribution >= 4 is 35.1 Å². The van der Waals surface area contributed by atoms with Crippen LogP contribution < -0.4 is 0 Å². The number of benzene rings is 1. The molecule has 1 heterocycles. The van der Waals surface area contributed by atoms with Crippen molar-refractivity contribution in [1.82, 2.24) is 0 Å². The summed E-state index contributed by atoms with van der Waals surface area (Å²) in [6.45, 7) is 1.76. The molecule has 118 valence electrons. The summed E-state index contributed by atoms with van der Waals surface area (Å²) in [5, 5.41) is 0. The van der Waals surface area contributed by atoms with Gasteiger partial charge in [0.25, 0.3) is 0 Å². The van der Waals surface area contributed by atoms with Gasteiger partial charge in [-0.15, -0.1) is 23.2 Å². The maximum Gasteiger partial charge on any atom is 0.375 e. The van der Waals surface area contributed by atoms with Gasteiger partial charge in [0.1, 0.15) is 5.57 Å². The molecule has 0 aromatic heterocycles. The molecule has 1 aliphatic heterocycles. The normalized spacial score (nSPS) is 21.0. The summed E-state index contributed by atoms with van der Waals surface area (Å²) in [5.41, 5.74) is -1.35. The highest BCUT2D eigenvalue weighted by Crippen LogP contribution is 2.48. The van der Waals surface area contributed by atoms with Crippen molar-refractivity contribution in [3.63, 3.8) is 0 Å². The van der Waals surface area contributed by atoms with Gasteiger partial charge < -0.3 is 14.2 Å². The molecule has 0 bridgehead atoms. The summed E-state index contributed by atoms with van der Waals surface area (Å²) in [4.78, 5) is 23.2. The Bertz CT molecular complexity index is 612. The van der Waals surface area contributed by atoms with Crippen molar-refractivity contribution in [2.75, 3.05) is 13.7 Å².